The van der Waals surface area contributed by atoms with Crippen molar-refractivity contribution in [3.8, 4) is 0 Å². The zero-order valence-corrected chi connectivity index (χ0v) is 15.2. The van der Waals surface area contributed by atoms with Crippen LogP contribution in [0, 0.1) is 0 Å². The van der Waals surface area contributed by atoms with Crippen molar-refractivity contribution in [3.63, 3.8) is 0 Å². The largest absolute Gasteiger partial charge is 0.468 e. The molecular formula is C18H30N2O4. The Kier molecular flexibility index (Phi) is 5.93. The summed E-state index contributed by atoms with van der Waals surface area (Å²) in [6.07, 6.45) is 2.48. The van der Waals surface area contributed by atoms with Gasteiger partial charge in [0.15, 0.2) is 0 Å². The Morgan fingerprint density at radius 2 is 2.08 bits per heavy atom. The number of ether oxygens (including phenoxy) is 1. The second kappa shape index (κ2) is 7.57. The summed E-state index contributed by atoms with van der Waals surface area (Å²) in [6, 6.07) is 3.81. The predicted molar refractivity (Wildman–Crippen MR) is 91.6 cm³/mol. The lowest BCUT2D eigenvalue weighted by molar-refractivity contribution is -0.0513. The van der Waals surface area contributed by atoms with Gasteiger partial charge in [0.1, 0.15) is 11.4 Å². The van der Waals surface area contributed by atoms with Crippen LogP contribution in [0.15, 0.2) is 22.8 Å². The van der Waals surface area contributed by atoms with E-state index in [9.17, 15) is 9.90 Å². The SMILES string of the molecule is CCN(Cc1ccco1)CC1(O)CCN(C(=O)OC(C)(C)C)CC1. The van der Waals surface area contributed by atoms with Gasteiger partial charge in [-0.3, -0.25) is 4.90 Å². The Hall–Kier alpha value is -1.53. The molecule has 1 aliphatic heterocycles. The van der Waals surface area contributed by atoms with Crippen LogP contribution >= 0.6 is 0 Å². The third kappa shape index (κ3) is 5.53. The molecule has 1 N–H and O–H groups in total. The minimum atomic E-state index is -0.777. The number of carbonyl (C=O) groups excluding carboxylic acids is 1. The van der Waals surface area contributed by atoms with E-state index in [0.717, 1.165) is 12.3 Å². The number of carbonyl (C=O) groups is 1. The number of piperidine rings is 1. The number of furan rings is 1. The molecule has 0 aliphatic carbocycles. The predicted octanol–water partition coefficient (Wildman–Crippen LogP) is 2.86. The lowest BCUT2D eigenvalue weighted by atomic mass is 9.91. The van der Waals surface area contributed by atoms with Crippen LogP contribution in [0.4, 0.5) is 4.79 Å². The van der Waals surface area contributed by atoms with Crippen molar-refractivity contribution in [1.82, 2.24) is 9.80 Å². The Balaban J connectivity index is 1.85. The molecule has 0 atom stereocenters. The Bertz CT molecular complexity index is 514. The van der Waals surface area contributed by atoms with Crippen molar-refractivity contribution in [2.24, 2.45) is 0 Å². The molecule has 0 saturated carbocycles. The fraction of sp³-hybridized carbons (Fsp3) is 0.722. The summed E-state index contributed by atoms with van der Waals surface area (Å²) in [5, 5.41) is 10.9. The average Bonchev–Trinajstić information content (AvgIpc) is 2.98. The van der Waals surface area contributed by atoms with Crippen LogP contribution in [0.1, 0.15) is 46.3 Å². The van der Waals surface area contributed by atoms with E-state index in [4.69, 9.17) is 9.15 Å². The molecule has 6 nitrogen and oxygen atoms in total. The molecule has 2 rings (SSSR count). The first-order chi connectivity index (χ1) is 11.2. The maximum atomic E-state index is 12.1. The van der Waals surface area contributed by atoms with Crippen LogP contribution in [0.5, 0.6) is 0 Å². The van der Waals surface area contributed by atoms with E-state index in [1.807, 2.05) is 32.9 Å². The van der Waals surface area contributed by atoms with Crippen LogP contribution in [0.2, 0.25) is 0 Å². The molecule has 6 heteroatoms. The Morgan fingerprint density at radius 1 is 1.42 bits per heavy atom. The van der Waals surface area contributed by atoms with Gasteiger partial charge in [0, 0.05) is 19.6 Å². The van der Waals surface area contributed by atoms with Crippen molar-refractivity contribution in [3.05, 3.63) is 24.2 Å². The molecule has 136 valence electrons. The summed E-state index contributed by atoms with van der Waals surface area (Å²) >= 11 is 0. The maximum absolute atomic E-state index is 12.1. The summed E-state index contributed by atoms with van der Waals surface area (Å²) in [5.41, 5.74) is -1.27. The third-order valence-corrected chi connectivity index (χ3v) is 4.27. The van der Waals surface area contributed by atoms with Crippen LogP contribution in [0.3, 0.4) is 0 Å². The summed E-state index contributed by atoms with van der Waals surface area (Å²) in [6.45, 7) is 10.8. The molecular weight excluding hydrogens is 308 g/mol. The van der Waals surface area contributed by atoms with Gasteiger partial charge in [0.05, 0.1) is 18.4 Å². The van der Waals surface area contributed by atoms with Gasteiger partial charge in [-0.15, -0.1) is 0 Å². The number of aliphatic hydroxyl groups is 1. The number of nitrogens with zero attached hydrogens (tertiary/aromatic N) is 2. The van der Waals surface area contributed by atoms with Crippen molar-refractivity contribution in [2.75, 3.05) is 26.2 Å². The number of likely N-dealkylation sites (tertiary alicyclic amines) is 1. The molecule has 0 unspecified atom stereocenters. The first kappa shape index (κ1) is 18.8. The van der Waals surface area contributed by atoms with E-state index in [2.05, 4.69) is 11.8 Å². The molecule has 24 heavy (non-hydrogen) atoms. The van der Waals surface area contributed by atoms with Crippen molar-refractivity contribution < 1.29 is 19.1 Å². The normalized spacial score (nSPS) is 18.0. The van der Waals surface area contributed by atoms with E-state index in [1.165, 1.54) is 0 Å². The summed E-state index contributed by atoms with van der Waals surface area (Å²) in [4.78, 5) is 16.0. The standard InChI is InChI=1S/C18H30N2O4/c1-5-19(13-15-7-6-12-23-15)14-18(22)8-10-20(11-9-18)16(21)24-17(2,3)4/h6-7,12,22H,5,8-11,13-14H2,1-4H3. The van der Waals surface area contributed by atoms with Gasteiger partial charge in [0.25, 0.3) is 0 Å². The van der Waals surface area contributed by atoms with Gasteiger partial charge < -0.3 is 19.2 Å². The number of hydrogen-bond donors (Lipinski definition) is 1. The van der Waals surface area contributed by atoms with E-state index in [-0.39, 0.29) is 6.09 Å². The van der Waals surface area contributed by atoms with Gasteiger partial charge >= 0.3 is 6.09 Å². The second-order valence-electron chi connectivity index (χ2n) is 7.57. The number of likely N-dealkylation sites (N-methyl/N-ethyl adjacent to an activating group) is 1. The lowest BCUT2D eigenvalue weighted by Crippen LogP contribution is -2.52. The fourth-order valence-electron chi connectivity index (χ4n) is 2.91. The number of amides is 1. The maximum Gasteiger partial charge on any atom is 0.410 e. The molecule has 1 amide bonds. The van der Waals surface area contributed by atoms with E-state index >= 15 is 0 Å². The topological polar surface area (TPSA) is 66.2 Å². The minimum absolute atomic E-state index is 0.299. The summed E-state index contributed by atoms with van der Waals surface area (Å²) in [7, 11) is 0. The molecule has 0 radical (unpaired) electrons. The molecule has 1 fully saturated rings. The quantitative estimate of drug-likeness (QED) is 0.894. The van der Waals surface area contributed by atoms with E-state index in [1.54, 1.807) is 11.2 Å². The highest BCUT2D eigenvalue weighted by atomic mass is 16.6. The van der Waals surface area contributed by atoms with Crippen LogP contribution in [0.25, 0.3) is 0 Å². The van der Waals surface area contributed by atoms with Gasteiger partial charge in [0.2, 0.25) is 0 Å². The molecule has 2 heterocycles. The molecule has 0 spiro atoms. The van der Waals surface area contributed by atoms with Crippen molar-refractivity contribution in [1.29, 1.82) is 0 Å². The fourth-order valence-corrected chi connectivity index (χ4v) is 2.91. The third-order valence-electron chi connectivity index (χ3n) is 4.27. The first-order valence-electron chi connectivity index (χ1n) is 8.66. The lowest BCUT2D eigenvalue weighted by Gasteiger charge is -2.40. The minimum Gasteiger partial charge on any atom is -0.468 e. The molecule has 0 aromatic carbocycles. The average molecular weight is 338 g/mol. The van der Waals surface area contributed by atoms with Crippen molar-refractivity contribution in [2.45, 2.75) is 58.3 Å². The zero-order valence-electron chi connectivity index (χ0n) is 15.2. The highest BCUT2D eigenvalue weighted by molar-refractivity contribution is 5.68. The van der Waals surface area contributed by atoms with E-state index in [0.29, 0.717) is 39.0 Å². The summed E-state index contributed by atoms with van der Waals surface area (Å²) in [5.74, 6) is 0.895. The second-order valence-corrected chi connectivity index (χ2v) is 7.57. The number of rotatable bonds is 5. The molecule has 0 bridgehead atoms. The molecule has 1 aromatic rings. The van der Waals surface area contributed by atoms with E-state index < -0.39 is 11.2 Å². The first-order valence-corrected chi connectivity index (χ1v) is 8.66. The smallest absolute Gasteiger partial charge is 0.410 e. The highest BCUT2D eigenvalue weighted by Crippen LogP contribution is 2.25. The van der Waals surface area contributed by atoms with Gasteiger partial charge in [-0.05, 0) is 52.3 Å². The van der Waals surface area contributed by atoms with Crippen LogP contribution in [-0.4, -0.2) is 58.4 Å². The van der Waals surface area contributed by atoms with Gasteiger partial charge in [-0.1, -0.05) is 6.92 Å². The zero-order chi connectivity index (χ0) is 17.8. The highest BCUT2D eigenvalue weighted by Gasteiger charge is 2.36. The molecule has 1 saturated heterocycles. The summed E-state index contributed by atoms with van der Waals surface area (Å²) < 4.78 is 10.8. The molecule has 1 aromatic heterocycles. The van der Waals surface area contributed by atoms with Crippen LogP contribution in [-0.2, 0) is 11.3 Å². The Morgan fingerprint density at radius 3 is 2.58 bits per heavy atom. The number of hydrogen-bond acceptors (Lipinski definition) is 5. The monoisotopic (exact) mass is 338 g/mol. The Labute approximate surface area is 144 Å². The van der Waals surface area contributed by atoms with Crippen LogP contribution < -0.4 is 0 Å². The van der Waals surface area contributed by atoms with Crippen molar-refractivity contribution >= 4 is 6.09 Å². The van der Waals surface area contributed by atoms with Gasteiger partial charge in [-0.2, -0.15) is 0 Å². The van der Waals surface area contributed by atoms with Gasteiger partial charge in [-0.25, -0.2) is 4.79 Å². The molecule has 1 aliphatic rings.